The normalized spacial score (nSPS) is 16.1. The Bertz CT molecular complexity index is 517. The Labute approximate surface area is 135 Å². The van der Waals surface area contributed by atoms with Crippen molar-refractivity contribution < 1.29 is 9.59 Å². The summed E-state index contributed by atoms with van der Waals surface area (Å²) in [5.41, 5.74) is 6.40. The van der Waals surface area contributed by atoms with E-state index >= 15 is 0 Å². The molecule has 6 nitrogen and oxygen atoms in total. The van der Waals surface area contributed by atoms with E-state index in [1.165, 1.54) is 11.3 Å². The van der Waals surface area contributed by atoms with Crippen LogP contribution in [0.4, 0.5) is 5.13 Å². The highest BCUT2D eigenvalue weighted by molar-refractivity contribution is 7.14. The van der Waals surface area contributed by atoms with Crippen LogP contribution in [0.1, 0.15) is 44.7 Å². The highest BCUT2D eigenvalue weighted by Gasteiger charge is 2.24. The number of hydrogen-bond acceptors (Lipinski definition) is 5. The average Bonchev–Trinajstić information content (AvgIpc) is 3.12. The van der Waals surface area contributed by atoms with Crippen LogP contribution < -0.4 is 16.0 Å². The highest BCUT2D eigenvalue weighted by atomic mass is 32.1. The summed E-state index contributed by atoms with van der Waals surface area (Å²) < 4.78 is 0. The molecule has 2 amide bonds. The summed E-state index contributed by atoms with van der Waals surface area (Å²) in [6, 6.07) is 0.0331. The van der Waals surface area contributed by atoms with E-state index < -0.39 is 0 Å². The molecule has 22 heavy (non-hydrogen) atoms. The largest absolute Gasteiger partial charge is 0.352 e. The van der Waals surface area contributed by atoms with Crippen molar-refractivity contribution in [3.05, 3.63) is 11.1 Å². The molecule has 0 spiro atoms. The molecular weight excluding hydrogens is 300 g/mol. The Morgan fingerprint density at radius 3 is 3.05 bits per heavy atom. The molecule has 2 rings (SSSR count). The highest BCUT2D eigenvalue weighted by Crippen LogP contribution is 2.25. The summed E-state index contributed by atoms with van der Waals surface area (Å²) in [5.74, 6) is 0.0595. The predicted molar refractivity (Wildman–Crippen MR) is 87.9 cm³/mol. The fraction of sp³-hybridized carbons (Fsp3) is 0.667. The number of nitrogens with one attached hydrogen (secondary N) is 1. The monoisotopic (exact) mass is 324 g/mol. The standard InChI is InChI=1S/C15H24N4O2S/c1-2-3-5-11(9-16)17-13(20)8-12-10-22-15(18-12)19-7-4-6-14(19)21/h10-11H,2-9,16H2,1H3,(H,17,20). The van der Waals surface area contributed by atoms with Crippen LogP contribution in [0.5, 0.6) is 0 Å². The molecular formula is C15H24N4O2S. The number of rotatable bonds is 8. The third kappa shape index (κ3) is 4.51. The number of carbonyl (C=O) groups excluding carboxylic acids is 2. The van der Waals surface area contributed by atoms with Crippen LogP contribution in [-0.4, -0.2) is 35.9 Å². The third-order valence-corrected chi connectivity index (χ3v) is 4.65. The van der Waals surface area contributed by atoms with Crippen LogP contribution in [0.15, 0.2) is 5.38 Å². The zero-order chi connectivity index (χ0) is 15.9. The number of aromatic nitrogens is 1. The second kappa shape index (κ2) is 8.24. The van der Waals surface area contributed by atoms with E-state index in [1.54, 1.807) is 4.90 Å². The molecule has 1 aromatic heterocycles. The molecule has 3 N–H and O–H groups in total. The first-order valence-electron chi connectivity index (χ1n) is 7.88. The lowest BCUT2D eigenvalue weighted by Crippen LogP contribution is -2.40. The van der Waals surface area contributed by atoms with Crippen molar-refractivity contribution in [2.75, 3.05) is 18.0 Å². The van der Waals surface area contributed by atoms with Gasteiger partial charge in [0, 0.05) is 30.9 Å². The van der Waals surface area contributed by atoms with Crippen molar-refractivity contribution in [3.8, 4) is 0 Å². The lowest BCUT2D eigenvalue weighted by molar-refractivity contribution is -0.121. The molecule has 0 aliphatic carbocycles. The van der Waals surface area contributed by atoms with E-state index in [1.807, 2.05) is 5.38 Å². The Kier molecular flexibility index (Phi) is 6.33. The van der Waals surface area contributed by atoms with Crippen LogP contribution in [0.2, 0.25) is 0 Å². The minimum Gasteiger partial charge on any atom is -0.352 e. The van der Waals surface area contributed by atoms with Crippen molar-refractivity contribution >= 4 is 28.3 Å². The number of thiazole rings is 1. The van der Waals surface area contributed by atoms with Gasteiger partial charge in [-0.25, -0.2) is 4.98 Å². The first kappa shape index (κ1) is 16.9. The number of anilines is 1. The molecule has 1 fully saturated rings. The van der Waals surface area contributed by atoms with Gasteiger partial charge in [-0.1, -0.05) is 19.8 Å². The fourth-order valence-electron chi connectivity index (χ4n) is 2.49. The Balaban J connectivity index is 1.86. The molecule has 1 aliphatic heterocycles. The van der Waals surface area contributed by atoms with Gasteiger partial charge in [0.05, 0.1) is 12.1 Å². The SMILES string of the molecule is CCCCC(CN)NC(=O)Cc1csc(N2CCCC2=O)n1. The molecule has 0 aromatic carbocycles. The molecule has 0 radical (unpaired) electrons. The zero-order valence-electron chi connectivity index (χ0n) is 13.0. The Hall–Kier alpha value is -1.47. The molecule has 122 valence electrons. The summed E-state index contributed by atoms with van der Waals surface area (Å²) in [7, 11) is 0. The molecule has 1 saturated heterocycles. The summed E-state index contributed by atoms with van der Waals surface area (Å²) in [6.07, 6.45) is 4.76. The molecule has 0 bridgehead atoms. The maximum atomic E-state index is 12.1. The second-order valence-electron chi connectivity index (χ2n) is 5.59. The van der Waals surface area contributed by atoms with E-state index in [-0.39, 0.29) is 24.3 Å². The summed E-state index contributed by atoms with van der Waals surface area (Å²) >= 11 is 1.42. The second-order valence-corrected chi connectivity index (χ2v) is 6.43. The van der Waals surface area contributed by atoms with Gasteiger partial charge in [0.2, 0.25) is 11.8 Å². The van der Waals surface area contributed by atoms with E-state index in [4.69, 9.17) is 5.73 Å². The van der Waals surface area contributed by atoms with Gasteiger partial charge in [0.1, 0.15) is 0 Å². The molecule has 1 atom stereocenters. The average molecular weight is 324 g/mol. The van der Waals surface area contributed by atoms with Gasteiger partial charge in [-0.3, -0.25) is 14.5 Å². The van der Waals surface area contributed by atoms with Crippen molar-refractivity contribution in [1.29, 1.82) is 0 Å². The van der Waals surface area contributed by atoms with Gasteiger partial charge >= 0.3 is 0 Å². The molecule has 2 heterocycles. The zero-order valence-corrected chi connectivity index (χ0v) is 13.8. The molecule has 7 heteroatoms. The lowest BCUT2D eigenvalue weighted by atomic mass is 10.1. The van der Waals surface area contributed by atoms with Crippen LogP contribution >= 0.6 is 11.3 Å². The number of unbranched alkanes of at least 4 members (excludes halogenated alkanes) is 1. The number of carbonyl (C=O) groups is 2. The van der Waals surface area contributed by atoms with Crippen LogP contribution in [0.3, 0.4) is 0 Å². The minimum atomic E-state index is -0.0591. The predicted octanol–water partition coefficient (Wildman–Crippen LogP) is 1.45. The summed E-state index contributed by atoms with van der Waals surface area (Å²) in [6.45, 7) is 3.30. The maximum absolute atomic E-state index is 12.1. The van der Waals surface area contributed by atoms with Crippen molar-refractivity contribution in [2.45, 2.75) is 51.5 Å². The van der Waals surface area contributed by atoms with Gasteiger partial charge in [-0.05, 0) is 12.8 Å². The smallest absolute Gasteiger partial charge is 0.228 e. The van der Waals surface area contributed by atoms with Crippen LogP contribution in [0.25, 0.3) is 0 Å². The number of amides is 2. The van der Waals surface area contributed by atoms with E-state index in [0.29, 0.717) is 23.8 Å². The Morgan fingerprint density at radius 2 is 2.41 bits per heavy atom. The van der Waals surface area contributed by atoms with Gasteiger partial charge in [-0.2, -0.15) is 0 Å². The van der Waals surface area contributed by atoms with Crippen LogP contribution in [0, 0.1) is 0 Å². The fourth-order valence-corrected chi connectivity index (χ4v) is 3.36. The number of hydrogen-bond donors (Lipinski definition) is 2. The van der Waals surface area contributed by atoms with Crippen molar-refractivity contribution in [2.24, 2.45) is 5.73 Å². The quantitative estimate of drug-likeness (QED) is 0.757. The van der Waals surface area contributed by atoms with Gasteiger partial charge in [-0.15, -0.1) is 11.3 Å². The Morgan fingerprint density at radius 1 is 1.59 bits per heavy atom. The summed E-state index contributed by atoms with van der Waals surface area (Å²) in [5, 5.41) is 5.51. The third-order valence-electron chi connectivity index (χ3n) is 3.74. The van der Waals surface area contributed by atoms with Gasteiger partial charge < -0.3 is 11.1 Å². The van der Waals surface area contributed by atoms with Crippen LogP contribution in [-0.2, 0) is 16.0 Å². The van der Waals surface area contributed by atoms with Gasteiger partial charge in [0.15, 0.2) is 5.13 Å². The van der Waals surface area contributed by atoms with Gasteiger partial charge in [0.25, 0.3) is 0 Å². The maximum Gasteiger partial charge on any atom is 0.228 e. The molecule has 1 aromatic rings. The lowest BCUT2D eigenvalue weighted by Gasteiger charge is -2.16. The van der Waals surface area contributed by atoms with Crippen molar-refractivity contribution in [1.82, 2.24) is 10.3 Å². The first-order valence-corrected chi connectivity index (χ1v) is 8.76. The minimum absolute atomic E-state index is 0.0331. The molecule has 1 aliphatic rings. The van der Waals surface area contributed by atoms with E-state index in [0.717, 1.165) is 32.2 Å². The molecule has 0 saturated carbocycles. The molecule has 1 unspecified atom stereocenters. The van der Waals surface area contributed by atoms with Crippen molar-refractivity contribution in [3.63, 3.8) is 0 Å². The number of nitrogens with two attached hydrogens (primary N) is 1. The summed E-state index contributed by atoms with van der Waals surface area (Å²) in [4.78, 5) is 29.9. The van der Waals surface area contributed by atoms with E-state index in [2.05, 4.69) is 17.2 Å². The van der Waals surface area contributed by atoms with E-state index in [9.17, 15) is 9.59 Å². The number of nitrogens with zero attached hydrogens (tertiary/aromatic N) is 2. The topological polar surface area (TPSA) is 88.3 Å². The first-order chi connectivity index (χ1) is 10.6.